The SMILES string of the molecule is COC(=O)NC(Cc1ccccc1)C(=O)NCCCCC(COC(=O)[C@@H](NC(=O)OCc1ccccc1)C(C)C)N(CC(C)C)S(=O)(=O)c1ccc(N)cc1. The molecule has 14 nitrogen and oxygen atoms in total. The van der Waals surface area contributed by atoms with E-state index in [-0.39, 0.29) is 55.9 Å². The number of ether oxygens (including phenoxy) is 3. The van der Waals surface area contributed by atoms with Gasteiger partial charge in [-0.2, -0.15) is 4.31 Å². The van der Waals surface area contributed by atoms with Crippen molar-refractivity contribution in [3.05, 3.63) is 96.1 Å². The number of hydrogen-bond donors (Lipinski definition) is 4. The molecule has 0 heterocycles. The summed E-state index contributed by atoms with van der Waals surface area (Å²) in [6.07, 6.45) is -0.109. The second-order valence-corrected chi connectivity index (χ2v) is 15.8. The van der Waals surface area contributed by atoms with Gasteiger partial charge in [-0.15, -0.1) is 0 Å². The third-order valence-electron chi connectivity index (χ3n) is 8.60. The predicted octanol–water partition coefficient (Wildman–Crippen LogP) is 5.03. The Morgan fingerprint density at radius 3 is 1.98 bits per heavy atom. The predicted molar refractivity (Wildman–Crippen MR) is 209 cm³/mol. The van der Waals surface area contributed by atoms with Crippen LogP contribution >= 0.6 is 0 Å². The van der Waals surface area contributed by atoms with Gasteiger partial charge in [0.2, 0.25) is 15.9 Å². The Kier molecular flexibility index (Phi) is 17.9. The van der Waals surface area contributed by atoms with E-state index in [4.69, 9.17) is 19.9 Å². The van der Waals surface area contributed by atoms with E-state index < -0.39 is 52.2 Å². The van der Waals surface area contributed by atoms with E-state index in [1.54, 1.807) is 13.8 Å². The Morgan fingerprint density at radius 1 is 0.782 bits per heavy atom. The van der Waals surface area contributed by atoms with Gasteiger partial charge in [0.25, 0.3) is 0 Å². The molecule has 0 aliphatic heterocycles. The van der Waals surface area contributed by atoms with Crippen LogP contribution in [0.2, 0.25) is 0 Å². The molecule has 2 unspecified atom stereocenters. The number of hydrogen-bond acceptors (Lipinski definition) is 10. The molecular formula is C40H55N5O9S. The molecule has 0 aliphatic carbocycles. The van der Waals surface area contributed by atoms with Crippen molar-refractivity contribution in [2.45, 2.75) is 83.0 Å². The quantitative estimate of drug-likeness (QED) is 0.0493. The van der Waals surface area contributed by atoms with Crippen molar-refractivity contribution in [3.63, 3.8) is 0 Å². The summed E-state index contributed by atoms with van der Waals surface area (Å²) < 4.78 is 45.4. The molecule has 55 heavy (non-hydrogen) atoms. The van der Waals surface area contributed by atoms with Crippen molar-refractivity contribution >= 4 is 39.8 Å². The summed E-state index contributed by atoms with van der Waals surface area (Å²) in [5.41, 5.74) is 7.88. The van der Waals surface area contributed by atoms with E-state index >= 15 is 0 Å². The molecule has 5 N–H and O–H groups in total. The van der Waals surface area contributed by atoms with Crippen LogP contribution in [0.5, 0.6) is 0 Å². The lowest BCUT2D eigenvalue weighted by Gasteiger charge is -2.32. The minimum Gasteiger partial charge on any atom is -0.462 e. The van der Waals surface area contributed by atoms with Crippen LogP contribution in [-0.4, -0.2) is 81.7 Å². The Balaban J connectivity index is 1.74. The first kappa shape index (κ1) is 44.2. The number of nitrogens with one attached hydrogen (secondary N) is 3. The number of alkyl carbamates (subject to hydrolysis) is 2. The van der Waals surface area contributed by atoms with Gasteiger partial charge < -0.3 is 35.9 Å². The van der Waals surface area contributed by atoms with Crippen molar-refractivity contribution in [1.29, 1.82) is 0 Å². The highest BCUT2D eigenvalue weighted by atomic mass is 32.2. The van der Waals surface area contributed by atoms with Crippen molar-refractivity contribution in [2.75, 3.05) is 32.5 Å². The first-order valence-corrected chi connectivity index (χ1v) is 19.8. The molecule has 0 spiro atoms. The number of carbonyl (C=O) groups is 4. The van der Waals surface area contributed by atoms with Gasteiger partial charge in [0.15, 0.2) is 0 Å². The number of nitrogens with two attached hydrogens (primary N) is 1. The molecule has 3 amide bonds. The summed E-state index contributed by atoms with van der Waals surface area (Å²) in [6, 6.07) is 21.5. The molecule has 300 valence electrons. The Labute approximate surface area is 324 Å². The number of nitrogens with zero attached hydrogens (tertiary/aromatic N) is 1. The topological polar surface area (TPSA) is 195 Å². The Hall–Kier alpha value is -5.15. The first-order valence-electron chi connectivity index (χ1n) is 18.4. The lowest BCUT2D eigenvalue weighted by atomic mass is 10.0. The van der Waals surface area contributed by atoms with Crippen LogP contribution in [-0.2, 0) is 46.9 Å². The highest BCUT2D eigenvalue weighted by Gasteiger charge is 2.34. The molecule has 0 saturated carbocycles. The van der Waals surface area contributed by atoms with Crippen LogP contribution in [0.4, 0.5) is 15.3 Å². The summed E-state index contributed by atoms with van der Waals surface area (Å²) in [6.45, 7) is 7.35. The number of carbonyl (C=O) groups excluding carboxylic acids is 4. The summed E-state index contributed by atoms with van der Waals surface area (Å²) >= 11 is 0. The van der Waals surface area contributed by atoms with E-state index in [1.165, 1.54) is 35.7 Å². The van der Waals surface area contributed by atoms with E-state index in [9.17, 15) is 27.6 Å². The lowest BCUT2D eigenvalue weighted by molar-refractivity contribution is -0.148. The number of anilines is 1. The van der Waals surface area contributed by atoms with Crippen molar-refractivity contribution in [3.8, 4) is 0 Å². The van der Waals surface area contributed by atoms with Crippen LogP contribution in [0.1, 0.15) is 58.1 Å². The van der Waals surface area contributed by atoms with Gasteiger partial charge in [-0.05, 0) is 66.5 Å². The van der Waals surface area contributed by atoms with Crippen LogP contribution < -0.4 is 21.7 Å². The fraction of sp³-hybridized carbons (Fsp3) is 0.450. The molecule has 0 radical (unpaired) electrons. The number of nitrogen functional groups attached to an aromatic ring is 1. The van der Waals surface area contributed by atoms with Gasteiger partial charge in [-0.25, -0.2) is 22.8 Å². The Morgan fingerprint density at radius 2 is 1.40 bits per heavy atom. The largest absolute Gasteiger partial charge is 0.462 e. The zero-order chi connectivity index (χ0) is 40.4. The van der Waals surface area contributed by atoms with E-state index in [0.717, 1.165) is 11.1 Å². The second kappa shape index (κ2) is 22.3. The van der Waals surface area contributed by atoms with E-state index in [2.05, 4.69) is 16.0 Å². The van der Waals surface area contributed by atoms with Gasteiger partial charge in [-0.3, -0.25) is 4.79 Å². The van der Waals surface area contributed by atoms with Crippen LogP contribution in [0.25, 0.3) is 0 Å². The molecule has 0 aliphatic rings. The molecule has 3 atom stereocenters. The van der Waals surface area contributed by atoms with Gasteiger partial charge >= 0.3 is 18.2 Å². The van der Waals surface area contributed by atoms with Crippen molar-refractivity contribution < 1.29 is 41.8 Å². The third-order valence-corrected chi connectivity index (χ3v) is 10.5. The van der Waals surface area contributed by atoms with Crippen LogP contribution in [0.15, 0.2) is 89.8 Å². The van der Waals surface area contributed by atoms with Crippen molar-refractivity contribution in [2.24, 2.45) is 11.8 Å². The smallest absolute Gasteiger partial charge is 0.408 e. The number of esters is 1. The van der Waals surface area contributed by atoms with E-state index in [1.807, 2.05) is 74.5 Å². The maximum absolute atomic E-state index is 14.1. The maximum Gasteiger partial charge on any atom is 0.408 e. The number of sulfonamides is 1. The van der Waals surface area contributed by atoms with E-state index in [0.29, 0.717) is 18.5 Å². The summed E-state index contributed by atoms with van der Waals surface area (Å²) in [4.78, 5) is 51.3. The highest BCUT2D eigenvalue weighted by Crippen LogP contribution is 2.24. The number of benzene rings is 3. The van der Waals surface area contributed by atoms with Crippen LogP contribution in [0, 0.1) is 11.8 Å². The zero-order valence-corrected chi connectivity index (χ0v) is 33.1. The minimum atomic E-state index is -4.09. The maximum atomic E-state index is 14.1. The lowest BCUT2D eigenvalue weighted by Crippen LogP contribution is -2.49. The van der Waals surface area contributed by atoms with Crippen molar-refractivity contribution in [1.82, 2.24) is 20.3 Å². The number of methoxy groups -OCH3 is 1. The second-order valence-electron chi connectivity index (χ2n) is 13.9. The molecule has 0 saturated heterocycles. The van der Waals surface area contributed by atoms with Gasteiger partial charge in [0.05, 0.1) is 18.0 Å². The average molecular weight is 782 g/mol. The first-order chi connectivity index (χ1) is 26.2. The van der Waals surface area contributed by atoms with Gasteiger partial charge in [0.1, 0.15) is 25.3 Å². The fourth-order valence-electron chi connectivity index (χ4n) is 5.65. The molecule has 15 heteroatoms. The number of unbranched alkanes of at least 4 members (excludes halogenated alkanes) is 1. The number of amides is 3. The summed E-state index contributed by atoms with van der Waals surface area (Å²) in [5, 5.41) is 8.02. The van der Waals surface area contributed by atoms with Gasteiger partial charge in [-0.1, -0.05) is 88.4 Å². The van der Waals surface area contributed by atoms with Gasteiger partial charge in [0, 0.05) is 25.2 Å². The molecule has 3 rings (SSSR count). The summed E-state index contributed by atoms with van der Waals surface area (Å²) in [5.74, 6) is -1.60. The summed E-state index contributed by atoms with van der Waals surface area (Å²) in [7, 11) is -2.87. The normalized spacial score (nSPS) is 13.1. The standard InChI is InChI=1S/C40H55N5O9S/c1-28(2)25-45(55(50,51)34-21-19-32(41)20-22-34)33(27-53-38(47)36(29(3)4)44-40(49)54-26-31-16-10-7-11-17-31)18-12-13-23-42-37(46)35(43-39(48)52-5)24-30-14-8-6-9-15-30/h6-11,14-17,19-22,28-29,33,35-36H,12-13,18,23-27,41H2,1-5H3,(H,42,46)(H,43,48)(H,44,49)/t33?,35?,36-/m0/s1. The fourth-order valence-corrected chi connectivity index (χ4v) is 7.45. The molecule has 0 aromatic heterocycles. The zero-order valence-electron chi connectivity index (χ0n) is 32.2. The monoisotopic (exact) mass is 781 g/mol. The Bertz CT molecular complexity index is 1760. The average Bonchev–Trinajstić information content (AvgIpc) is 3.16. The molecule has 3 aromatic carbocycles. The molecule has 3 aromatic rings. The highest BCUT2D eigenvalue weighted by molar-refractivity contribution is 7.89. The molecular weight excluding hydrogens is 727 g/mol. The third kappa shape index (κ3) is 14.9. The molecule has 0 bridgehead atoms. The minimum absolute atomic E-state index is 0.0116. The van der Waals surface area contributed by atoms with Crippen LogP contribution in [0.3, 0.4) is 0 Å². The molecule has 0 fully saturated rings. The number of rotatable bonds is 21.